The van der Waals surface area contributed by atoms with E-state index in [0.717, 1.165) is 12.0 Å². The highest BCUT2D eigenvalue weighted by atomic mass is 127. The van der Waals surface area contributed by atoms with Crippen molar-refractivity contribution in [3.8, 4) is 0 Å². The number of carbonyl (C=O) groups is 1. The Bertz CT molecular complexity index is 333. The molecule has 1 rings (SSSR count). The van der Waals surface area contributed by atoms with Crippen molar-refractivity contribution in [2.75, 3.05) is 0 Å². The molecule has 0 spiro atoms. The van der Waals surface area contributed by atoms with Crippen LogP contribution < -0.4 is 0 Å². The maximum atomic E-state index is 11.8. The number of ketones is 1. The normalized spacial score (nSPS) is 11.5. The highest BCUT2D eigenvalue weighted by Gasteiger charge is 2.13. The number of hydrogen-bond donors (Lipinski definition) is 0. The SMILES string of the molecule is CC(C)(C)CCC(=O)c1ccc(I)cc1. The molecule has 1 aromatic rings. The van der Waals surface area contributed by atoms with E-state index in [-0.39, 0.29) is 11.2 Å². The van der Waals surface area contributed by atoms with Crippen LogP contribution in [0.15, 0.2) is 24.3 Å². The summed E-state index contributed by atoms with van der Waals surface area (Å²) in [7, 11) is 0. The molecule has 0 aliphatic carbocycles. The second-order valence-corrected chi connectivity index (χ2v) is 6.24. The van der Waals surface area contributed by atoms with E-state index >= 15 is 0 Å². The van der Waals surface area contributed by atoms with E-state index in [2.05, 4.69) is 43.4 Å². The summed E-state index contributed by atoms with van der Waals surface area (Å²) in [6, 6.07) is 7.77. The molecular weight excluding hydrogens is 299 g/mol. The molecule has 15 heavy (non-hydrogen) atoms. The second-order valence-electron chi connectivity index (χ2n) is 4.99. The summed E-state index contributed by atoms with van der Waals surface area (Å²) in [5.41, 5.74) is 1.07. The minimum absolute atomic E-state index is 0.235. The summed E-state index contributed by atoms with van der Waals surface area (Å²) < 4.78 is 1.17. The van der Waals surface area contributed by atoms with Gasteiger partial charge in [0.15, 0.2) is 5.78 Å². The molecule has 0 fully saturated rings. The van der Waals surface area contributed by atoms with Gasteiger partial charge in [0.05, 0.1) is 0 Å². The van der Waals surface area contributed by atoms with E-state index in [1.165, 1.54) is 3.57 Å². The lowest BCUT2D eigenvalue weighted by molar-refractivity contribution is 0.0966. The van der Waals surface area contributed by atoms with Crippen LogP contribution in [-0.4, -0.2) is 5.78 Å². The van der Waals surface area contributed by atoms with Crippen molar-refractivity contribution < 1.29 is 4.79 Å². The first-order valence-corrected chi connectivity index (χ1v) is 6.25. The molecule has 0 aliphatic rings. The summed E-state index contributed by atoms with van der Waals surface area (Å²) in [6.07, 6.45) is 1.59. The summed E-state index contributed by atoms with van der Waals surface area (Å²) in [4.78, 5) is 11.8. The second kappa shape index (κ2) is 5.10. The lowest BCUT2D eigenvalue weighted by Gasteiger charge is -2.16. The van der Waals surface area contributed by atoms with Crippen molar-refractivity contribution in [3.05, 3.63) is 33.4 Å². The van der Waals surface area contributed by atoms with Crippen LogP contribution in [0, 0.1) is 8.99 Å². The van der Waals surface area contributed by atoms with Crippen LogP contribution in [0.2, 0.25) is 0 Å². The fourth-order valence-corrected chi connectivity index (χ4v) is 1.63. The minimum Gasteiger partial charge on any atom is -0.294 e. The Labute approximate surface area is 105 Å². The van der Waals surface area contributed by atoms with Crippen molar-refractivity contribution in [3.63, 3.8) is 0 Å². The molecule has 0 N–H and O–H groups in total. The molecular formula is C13H17IO. The van der Waals surface area contributed by atoms with Gasteiger partial charge < -0.3 is 0 Å². The average molecular weight is 316 g/mol. The van der Waals surface area contributed by atoms with Gasteiger partial charge >= 0.3 is 0 Å². The third-order valence-corrected chi connectivity index (χ3v) is 2.99. The third kappa shape index (κ3) is 4.78. The molecule has 0 amide bonds. The molecule has 0 radical (unpaired) electrons. The van der Waals surface area contributed by atoms with E-state index in [4.69, 9.17) is 0 Å². The van der Waals surface area contributed by atoms with Gasteiger partial charge in [0.25, 0.3) is 0 Å². The Balaban J connectivity index is 2.58. The largest absolute Gasteiger partial charge is 0.294 e. The Morgan fingerprint density at radius 2 is 1.73 bits per heavy atom. The van der Waals surface area contributed by atoms with Crippen LogP contribution in [0.5, 0.6) is 0 Å². The topological polar surface area (TPSA) is 17.1 Å². The molecule has 1 aromatic carbocycles. The molecule has 0 unspecified atom stereocenters. The highest BCUT2D eigenvalue weighted by molar-refractivity contribution is 14.1. The van der Waals surface area contributed by atoms with Gasteiger partial charge in [-0.25, -0.2) is 0 Å². The van der Waals surface area contributed by atoms with Crippen LogP contribution in [0.3, 0.4) is 0 Å². The van der Waals surface area contributed by atoms with Gasteiger partial charge in [-0.05, 0) is 46.6 Å². The van der Waals surface area contributed by atoms with Crippen LogP contribution in [0.1, 0.15) is 44.0 Å². The van der Waals surface area contributed by atoms with Gasteiger partial charge in [-0.2, -0.15) is 0 Å². The summed E-state index contributed by atoms with van der Waals surface area (Å²) >= 11 is 2.24. The highest BCUT2D eigenvalue weighted by Crippen LogP contribution is 2.22. The first kappa shape index (κ1) is 12.7. The first-order valence-electron chi connectivity index (χ1n) is 5.17. The monoisotopic (exact) mass is 316 g/mol. The smallest absolute Gasteiger partial charge is 0.162 e. The fourth-order valence-electron chi connectivity index (χ4n) is 1.27. The standard InChI is InChI=1S/C13H17IO/c1-13(2,3)9-8-12(15)10-4-6-11(14)7-5-10/h4-7H,8-9H2,1-3H3. The lowest BCUT2D eigenvalue weighted by atomic mass is 9.88. The Hall–Kier alpha value is -0.380. The van der Waals surface area contributed by atoms with Crippen molar-refractivity contribution in [1.82, 2.24) is 0 Å². The third-order valence-electron chi connectivity index (χ3n) is 2.27. The van der Waals surface area contributed by atoms with Gasteiger partial charge in [0.2, 0.25) is 0 Å². The zero-order valence-electron chi connectivity index (χ0n) is 9.51. The van der Waals surface area contributed by atoms with Gasteiger partial charge in [0.1, 0.15) is 0 Å². The summed E-state index contributed by atoms with van der Waals surface area (Å²) in [6.45, 7) is 6.48. The molecule has 0 aromatic heterocycles. The Kier molecular flexibility index (Phi) is 4.32. The maximum absolute atomic E-state index is 11.8. The van der Waals surface area contributed by atoms with Crippen LogP contribution in [0.25, 0.3) is 0 Å². The van der Waals surface area contributed by atoms with Gasteiger partial charge in [0, 0.05) is 15.6 Å². The van der Waals surface area contributed by atoms with E-state index < -0.39 is 0 Å². The van der Waals surface area contributed by atoms with Gasteiger partial charge in [-0.15, -0.1) is 0 Å². The number of benzene rings is 1. The predicted molar refractivity (Wildman–Crippen MR) is 72.2 cm³/mol. The van der Waals surface area contributed by atoms with E-state index in [1.807, 2.05) is 24.3 Å². The molecule has 0 heterocycles. The van der Waals surface area contributed by atoms with Crippen molar-refractivity contribution >= 4 is 28.4 Å². The van der Waals surface area contributed by atoms with E-state index in [9.17, 15) is 4.79 Å². The van der Waals surface area contributed by atoms with Crippen molar-refractivity contribution in [2.45, 2.75) is 33.6 Å². The predicted octanol–water partition coefficient (Wildman–Crippen LogP) is 4.30. The van der Waals surface area contributed by atoms with Gasteiger partial charge in [-0.3, -0.25) is 4.79 Å². The van der Waals surface area contributed by atoms with Crippen molar-refractivity contribution in [1.29, 1.82) is 0 Å². The van der Waals surface area contributed by atoms with E-state index in [0.29, 0.717) is 6.42 Å². The fraction of sp³-hybridized carbons (Fsp3) is 0.462. The zero-order chi connectivity index (χ0) is 11.5. The molecule has 0 saturated carbocycles. The number of hydrogen-bond acceptors (Lipinski definition) is 1. The maximum Gasteiger partial charge on any atom is 0.162 e. The molecule has 0 atom stereocenters. The minimum atomic E-state index is 0.235. The molecule has 0 aliphatic heterocycles. The number of rotatable bonds is 3. The molecule has 0 bridgehead atoms. The number of halogens is 1. The first-order chi connectivity index (χ1) is 6.88. The van der Waals surface area contributed by atoms with Crippen LogP contribution >= 0.6 is 22.6 Å². The summed E-state index contributed by atoms with van der Waals surface area (Å²) in [5, 5.41) is 0. The van der Waals surface area contributed by atoms with Gasteiger partial charge in [-0.1, -0.05) is 32.9 Å². The van der Waals surface area contributed by atoms with Crippen LogP contribution in [0.4, 0.5) is 0 Å². The number of Topliss-reactive ketones (excluding diaryl/α,β-unsaturated/α-hetero) is 1. The molecule has 0 saturated heterocycles. The number of carbonyl (C=O) groups excluding carboxylic acids is 1. The molecule has 82 valence electrons. The quantitative estimate of drug-likeness (QED) is 0.600. The summed E-state index contributed by atoms with van der Waals surface area (Å²) in [5.74, 6) is 0.251. The van der Waals surface area contributed by atoms with Crippen molar-refractivity contribution in [2.24, 2.45) is 5.41 Å². The molecule has 2 heteroatoms. The molecule has 1 nitrogen and oxygen atoms in total. The zero-order valence-corrected chi connectivity index (χ0v) is 11.7. The Morgan fingerprint density at radius 1 is 1.20 bits per heavy atom. The van der Waals surface area contributed by atoms with E-state index in [1.54, 1.807) is 0 Å². The average Bonchev–Trinajstić information content (AvgIpc) is 2.14. The van der Waals surface area contributed by atoms with Crippen LogP contribution in [-0.2, 0) is 0 Å². The Morgan fingerprint density at radius 3 is 2.20 bits per heavy atom. The lowest BCUT2D eigenvalue weighted by Crippen LogP contribution is -2.09.